The van der Waals surface area contributed by atoms with Crippen LogP contribution in [0.2, 0.25) is 5.02 Å². The number of nitrogens with zero attached hydrogens (tertiary/aromatic N) is 2. The maximum absolute atomic E-state index is 12.4. The highest BCUT2D eigenvalue weighted by Gasteiger charge is 2.18. The molecule has 2 rings (SSSR count). The lowest BCUT2D eigenvalue weighted by Gasteiger charge is -2.08. The molecule has 0 amide bonds. The Balaban J connectivity index is 2.69. The molecule has 0 atom stereocenters. The summed E-state index contributed by atoms with van der Waals surface area (Å²) in [6.45, 7) is 0. The number of hydrogen-bond acceptors (Lipinski definition) is 4. The summed E-state index contributed by atoms with van der Waals surface area (Å²) in [7, 11) is 2.77. The van der Waals surface area contributed by atoms with Crippen LogP contribution in [0, 0.1) is 0 Å². The Labute approximate surface area is 119 Å². The van der Waals surface area contributed by atoms with E-state index in [1.54, 1.807) is 6.07 Å². The Kier molecular flexibility index (Phi) is 3.50. The van der Waals surface area contributed by atoms with Crippen molar-refractivity contribution < 1.29 is 4.79 Å². The van der Waals surface area contributed by atoms with E-state index < -0.39 is 17.0 Å². The summed E-state index contributed by atoms with van der Waals surface area (Å²) in [5, 5.41) is 0.337. The van der Waals surface area contributed by atoms with Crippen LogP contribution in [-0.2, 0) is 14.1 Å². The highest BCUT2D eigenvalue weighted by Crippen LogP contribution is 2.19. The lowest BCUT2D eigenvalue weighted by atomic mass is 10.0. The van der Waals surface area contributed by atoms with E-state index >= 15 is 0 Å². The fourth-order valence-electron chi connectivity index (χ4n) is 1.83. The number of aryl methyl sites for hydroxylation is 1. The van der Waals surface area contributed by atoms with Gasteiger partial charge >= 0.3 is 5.69 Å². The first-order chi connectivity index (χ1) is 9.32. The van der Waals surface area contributed by atoms with Crippen LogP contribution < -0.4 is 17.0 Å². The fraction of sp³-hybridized carbons (Fsp3) is 0.154. The Morgan fingerprint density at radius 3 is 2.50 bits per heavy atom. The van der Waals surface area contributed by atoms with Crippen molar-refractivity contribution in [1.29, 1.82) is 0 Å². The zero-order valence-electron chi connectivity index (χ0n) is 10.9. The van der Waals surface area contributed by atoms with Gasteiger partial charge in [-0.05, 0) is 18.2 Å². The van der Waals surface area contributed by atoms with Crippen LogP contribution in [0.25, 0.3) is 0 Å². The van der Waals surface area contributed by atoms with Crippen molar-refractivity contribution in [2.45, 2.75) is 0 Å². The zero-order valence-corrected chi connectivity index (χ0v) is 11.6. The van der Waals surface area contributed by atoms with E-state index in [2.05, 4.69) is 0 Å². The van der Waals surface area contributed by atoms with Crippen LogP contribution in [-0.4, -0.2) is 14.9 Å². The molecule has 1 heterocycles. The Morgan fingerprint density at radius 2 is 1.85 bits per heavy atom. The van der Waals surface area contributed by atoms with Gasteiger partial charge < -0.3 is 10.3 Å². The predicted molar refractivity (Wildman–Crippen MR) is 76.2 cm³/mol. The Hall–Kier alpha value is -2.34. The van der Waals surface area contributed by atoms with Crippen molar-refractivity contribution in [2.75, 3.05) is 5.73 Å². The van der Waals surface area contributed by atoms with Crippen LogP contribution >= 0.6 is 11.6 Å². The molecular weight excluding hydrogens is 282 g/mol. The molecule has 1 aromatic carbocycles. The second kappa shape index (κ2) is 4.97. The standard InChI is InChI=1S/C13H12ClN3O3/c1-16-6-9(12(19)17(2)13(16)20)11(18)8-5-7(14)3-4-10(8)15/h3-6H,15H2,1-2H3. The SMILES string of the molecule is Cn1cc(C(=O)c2cc(Cl)ccc2N)c(=O)n(C)c1=O. The number of anilines is 1. The number of halogens is 1. The molecule has 0 saturated carbocycles. The summed E-state index contributed by atoms with van der Waals surface area (Å²) in [6.07, 6.45) is 1.20. The number of carbonyl (C=O) groups is 1. The number of nitrogens with two attached hydrogens (primary N) is 1. The van der Waals surface area contributed by atoms with Gasteiger partial charge in [0.15, 0.2) is 0 Å². The smallest absolute Gasteiger partial charge is 0.330 e. The van der Waals surface area contributed by atoms with Gasteiger partial charge in [0.25, 0.3) is 5.56 Å². The van der Waals surface area contributed by atoms with Gasteiger partial charge in [-0.2, -0.15) is 0 Å². The van der Waals surface area contributed by atoms with Gasteiger partial charge in [-0.25, -0.2) is 4.79 Å². The van der Waals surface area contributed by atoms with Crippen molar-refractivity contribution in [3.63, 3.8) is 0 Å². The largest absolute Gasteiger partial charge is 0.398 e. The molecule has 0 aliphatic heterocycles. The first kappa shape index (κ1) is 14.1. The molecule has 0 fully saturated rings. The van der Waals surface area contributed by atoms with Gasteiger partial charge in [0.2, 0.25) is 5.78 Å². The van der Waals surface area contributed by atoms with E-state index in [9.17, 15) is 14.4 Å². The molecule has 0 aliphatic carbocycles. The monoisotopic (exact) mass is 293 g/mol. The second-order valence-electron chi connectivity index (χ2n) is 4.36. The lowest BCUT2D eigenvalue weighted by molar-refractivity contribution is 0.103. The molecule has 6 nitrogen and oxygen atoms in total. The molecule has 104 valence electrons. The summed E-state index contributed by atoms with van der Waals surface area (Å²) in [5.41, 5.74) is 4.76. The third-order valence-electron chi connectivity index (χ3n) is 2.95. The van der Waals surface area contributed by atoms with Crippen molar-refractivity contribution >= 4 is 23.1 Å². The highest BCUT2D eigenvalue weighted by atomic mass is 35.5. The third-order valence-corrected chi connectivity index (χ3v) is 3.19. The lowest BCUT2D eigenvalue weighted by Crippen LogP contribution is -2.39. The summed E-state index contributed by atoms with van der Waals surface area (Å²) in [4.78, 5) is 36.0. The molecule has 0 saturated heterocycles. The number of nitrogen functional groups attached to an aromatic ring is 1. The summed E-state index contributed by atoms with van der Waals surface area (Å²) >= 11 is 5.83. The third kappa shape index (κ3) is 2.25. The molecule has 0 bridgehead atoms. The molecule has 0 spiro atoms. The number of benzene rings is 1. The summed E-state index contributed by atoms with van der Waals surface area (Å²) in [6, 6.07) is 4.43. The Bertz CT molecular complexity index is 821. The molecule has 2 N–H and O–H groups in total. The van der Waals surface area contributed by atoms with Crippen molar-refractivity contribution in [1.82, 2.24) is 9.13 Å². The van der Waals surface area contributed by atoms with Gasteiger partial charge in [-0.15, -0.1) is 0 Å². The van der Waals surface area contributed by atoms with E-state index in [1.165, 1.54) is 32.4 Å². The van der Waals surface area contributed by atoms with Crippen molar-refractivity contribution in [3.8, 4) is 0 Å². The zero-order chi connectivity index (χ0) is 15.0. The molecule has 2 aromatic rings. The van der Waals surface area contributed by atoms with Crippen molar-refractivity contribution in [2.24, 2.45) is 14.1 Å². The van der Waals surface area contributed by atoms with Crippen LogP contribution in [0.15, 0.2) is 34.0 Å². The van der Waals surface area contributed by atoms with Gasteiger partial charge in [0, 0.05) is 36.6 Å². The molecule has 0 unspecified atom stereocenters. The normalized spacial score (nSPS) is 10.6. The van der Waals surface area contributed by atoms with E-state index in [0.29, 0.717) is 5.02 Å². The van der Waals surface area contributed by atoms with E-state index in [1.807, 2.05) is 0 Å². The predicted octanol–water partition coefficient (Wildman–Crippen LogP) is 0.551. The first-order valence-corrected chi connectivity index (χ1v) is 6.07. The summed E-state index contributed by atoms with van der Waals surface area (Å²) in [5.74, 6) is -0.568. The van der Waals surface area contributed by atoms with Gasteiger partial charge in [-0.1, -0.05) is 11.6 Å². The van der Waals surface area contributed by atoms with Crippen LogP contribution in [0.4, 0.5) is 5.69 Å². The van der Waals surface area contributed by atoms with Crippen LogP contribution in [0.1, 0.15) is 15.9 Å². The highest BCUT2D eigenvalue weighted by molar-refractivity contribution is 6.31. The molecule has 20 heavy (non-hydrogen) atoms. The molecule has 1 aromatic heterocycles. The number of aromatic nitrogens is 2. The van der Waals surface area contributed by atoms with E-state index in [-0.39, 0.29) is 16.8 Å². The number of rotatable bonds is 2. The van der Waals surface area contributed by atoms with Gasteiger partial charge in [0.1, 0.15) is 5.56 Å². The average molecular weight is 294 g/mol. The van der Waals surface area contributed by atoms with Crippen LogP contribution in [0.5, 0.6) is 0 Å². The average Bonchev–Trinajstić information content (AvgIpc) is 2.42. The maximum Gasteiger partial charge on any atom is 0.330 e. The minimum atomic E-state index is -0.669. The quantitative estimate of drug-likeness (QED) is 0.647. The minimum Gasteiger partial charge on any atom is -0.398 e. The van der Waals surface area contributed by atoms with E-state index in [0.717, 1.165) is 9.13 Å². The van der Waals surface area contributed by atoms with Gasteiger partial charge in [0.05, 0.1) is 0 Å². The second-order valence-corrected chi connectivity index (χ2v) is 4.80. The maximum atomic E-state index is 12.4. The van der Waals surface area contributed by atoms with Crippen LogP contribution in [0.3, 0.4) is 0 Å². The van der Waals surface area contributed by atoms with Crippen molar-refractivity contribution in [3.05, 3.63) is 61.4 Å². The minimum absolute atomic E-state index is 0.133. The fourth-order valence-corrected chi connectivity index (χ4v) is 2.01. The van der Waals surface area contributed by atoms with E-state index in [4.69, 9.17) is 17.3 Å². The number of ketones is 1. The molecule has 0 aliphatic rings. The topological polar surface area (TPSA) is 87.1 Å². The van der Waals surface area contributed by atoms with Gasteiger partial charge in [-0.3, -0.25) is 14.2 Å². The number of carbonyl (C=O) groups excluding carboxylic acids is 1. The first-order valence-electron chi connectivity index (χ1n) is 5.69. The molecular formula is C13H12ClN3O3. The molecule has 7 heteroatoms. The molecule has 0 radical (unpaired) electrons. The summed E-state index contributed by atoms with van der Waals surface area (Å²) < 4.78 is 2.03. The Morgan fingerprint density at radius 1 is 1.20 bits per heavy atom. The number of hydrogen-bond donors (Lipinski definition) is 1.